The number of aromatic nitrogens is 4. The normalized spacial score (nSPS) is 11.5. The predicted molar refractivity (Wildman–Crippen MR) is 115 cm³/mol. The van der Waals surface area contributed by atoms with Gasteiger partial charge in [0.15, 0.2) is 5.82 Å². The maximum atomic E-state index is 13.1. The molecule has 164 valence electrons. The number of hydrogen-bond acceptors (Lipinski definition) is 8. The van der Waals surface area contributed by atoms with Gasteiger partial charge in [0.25, 0.3) is 0 Å². The Morgan fingerprint density at radius 2 is 1.88 bits per heavy atom. The Morgan fingerprint density at radius 3 is 2.62 bits per heavy atom. The van der Waals surface area contributed by atoms with E-state index >= 15 is 0 Å². The van der Waals surface area contributed by atoms with Gasteiger partial charge in [-0.3, -0.25) is 4.40 Å². The van der Waals surface area contributed by atoms with E-state index in [4.69, 9.17) is 5.73 Å². The summed E-state index contributed by atoms with van der Waals surface area (Å²) in [6.45, 7) is 0.827. The zero-order chi connectivity index (χ0) is 22.7. The molecule has 0 fully saturated rings. The number of anilines is 3. The van der Waals surface area contributed by atoms with Crippen molar-refractivity contribution >= 4 is 28.9 Å². The number of imidazole rings is 1. The zero-order valence-corrected chi connectivity index (χ0v) is 16.5. The van der Waals surface area contributed by atoms with Crippen LogP contribution in [0.5, 0.6) is 0 Å². The largest absolute Gasteiger partial charge is 0.416 e. The van der Waals surface area contributed by atoms with Crippen molar-refractivity contribution in [1.82, 2.24) is 19.4 Å². The summed E-state index contributed by atoms with van der Waals surface area (Å²) in [5, 5.41) is 8.95. The van der Waals surface area contributed by atoms with E-state index in [1.807, 2.05) is 0 Å². The summed E-state index contributed by atoms with van der Waals surface area (Å²) < 4.78 is 41.0. The van der Waals surface area contributed by atoms with Gasteiger partial charge < -0.3 is 16.4 Å². The molecule has 0 unspecified atom stereocenters. The van der Waals surface area contributed by atoms with E-state index < -0.39 is 11.7 Å². The number of halogens is 3. The molecule has 0 aliphatic heterocycles. The molecule has 4 aromatic rings. The number of nitrogens with zero attached hydrogens (tertiary/aromatic N) is 5. The lowest BCUT2D eigenvalue weighted by molar-refractivity contribution is -0.137. The highest BCUT2D eigenvalue weighted by molar-refractivity contribution is 5.67. The number of nitrogens with one attached hydrogen (secondary N) is 2. The van der Waals surface area contributed by atoms with Gasteiger partial charge in [-0.25, -0.2) is 15.0 Å². The summed E-state index contributed by atoms with van der Waals surface area (Å²) in [5.74, 6) is 0.908. The number of fused-ring (bicyclic) bond motifs is 1. The standard InChI is InChI=1S/C20H17F3N8O/c21-20(22,23)13-3-1-2-12(10-13)15-11-17-26-8-9-31(17)19(28-15)27-7-6-25-16-5-4-14(30-32)18(24)29-16/h1-5,8-11H,6-7H2,(H,27,28)(H3,24,25,29). The predicted octanol–water partition coefficient (Wildman–Crippen LogP) is 4.31. The lowest BCUT2D eigenvalue weighted by atomic mass is 10.1. The van der Waals surface area contributed by atoms with Crippen molar-refractivity contribution in [1.29, 1.82) is 0 Å². The van der Waals surface area contributed by atoms with E-state index in [1.54, 1.807) is 35.0 Å². The van der Waals surface area contributed by atoms with Crippen molar-refractivity contribution in [3.8, 4) is 11.3 Å². The topological polar surface area (TPSA) is 123 Å². The molecule has 12 heteroatoms. The highest BCUT2D eigenvalue weighted by atomic mass is 19.4. The molecule has 1 aromatic carbocycles. The third kappa shape index (κ3) is 4.43. The summed E-state index contributed by atoms with van der Waals surface area (Å²) in [5.41, 5.74) is 6.17. The summed E-state index contributed by atoms with van der Waals surface area (Å²) in [7, 11) is 0. The number of nitroso groups, excluding NO2 is 1. The number of rotatable bonds is 7. The van der Waals surface area contributed by atoms with Crippen LogP contribution in [-0.4, -0.2) is 32.4 Å². The quantitative estimate of drug-likeness (QED) is 0.288. The number of benzene rings is 1. The van der Waals surface area contributed by atoms with Gasteiger partial charge in [0.1, 0.15) is 17.2 Å². The molecule has 4 rings (SSSR count). The van der Waals surface area contributed by atoms with Gasteiger partial charge in [-0.15, -0.1) is 4.91 Å². The molecule has 0 amide bonds. The van der Waals surface area contributed by atoms with E-state index in [-0.39, 0.29) is 11.5 Å². The maximum absolute atomic E-state index is 13.1. The van der Waals surface area contributed by atoms with Gasteiger partial charge in [0.05, 0.1) is 11.3 Å². The molecule has 9 nitrogen and oxygen atoms in total. The lowest BCUT2D eigenvalue weighted by Gasteiger charge is -2.12. The summed E-state index contributed by atoms with van der Waals surface area (Å²) in [6.07, 6.45) is -1.18. The van der Waals surface area contributed by atoms with Crippen molar-refractivity contribution in [2.75, 3.05) is 29.5 Å². The minimum absolute atomic E-state index is 0.0218. The van der Waals surface area contributed by atoms with Crippen LogP contribution in [0, 0.1) is 4.91 Å². The highest BCUT2D eigenvalue weighted by Gasteiger charge is 2.30. The Labute approximate surface area is 179 Å². The van der Waals surface area contributed by atoms with E-state index in [0.717, 1.165) is 12.1 Å². The molecule has 32 heavy (non-hydrogen) atoms. The average Bonchev–Trinajstić information content (AvgIpc) is 3.25. The molecular formula is C20H17F3N8O. The molecule has 3 aromatic heterocycles. The fourth-order valence-corrected chi connectivity index (χ4v) is 3.06. The third-order valence-corrected chi connectivity index (χ3v) is 4.59. The van der Waals surface area contributed by atoms with Crippen molar-refractivity contribution in [2.24, 2.45) is 5.18 Å². The molecule has 0 aliphatic carbocycles. The first-order chi connectivity index (χ1) is 15.3. The molecule has 0 radical (unpaired) electrons. The Bertz CT molecular complexity index is 1270. The first-order valence-corrected chi connectivity index (χ1v) is 9.44. The van der Waals surface area contributed by atoms with Crippen molar-refractivity contribution in [2.45, 2.75) is 6.18 Å². The molecule has 3 heterocycles. The van der Waals surface area contributed by atoms with E-state index in [0.29, 0.717) is 41.8 Å². The van der Waals surface area contributed by atoms with Gasteiger partial charge in [0, 0.05) is 37.1 Å². The molecule has 0 saturated heterocycles. The fraction of sp³-hybridized carbons (Fsp3) is 0.150. The van der Waals surface area contributed by atoms with Crippen molar-refractivity contribution in [3.05, 3.63) is 65.3 Å². The monoisotopic (exact) mass is 442 g/mol. The van der Waals surface area contributed by atoms with Crippen LogP contribution in [0.3, 0.4) is 0 Å². The zero-order valence-electron chi connectivity index (χ0n) is 16.5. The van der Waals surface area contributed by atoms with Gasteiger partial charge >= 0.3 is 6.18 Å². The number of hydrogen-bond donors (Lipinski definition) is 3. The van der Waals surface area contributed by atoms with E-state index in [1.165, 1.54) is 12.1 Å². The highest BCUT2D eigenvalue weighted by Crippen LogP contribution is 2.32. The van der Waals surface area contributed by atoms with Crippen molar-refractivity contribution < 1.29 is 13.2 Å². The molecule has 0 spiro atoms. The summed E-state index contributed by atoms with van der Waals surface area (Å²) >= 11 is 0. The SMILES string of the molecule is Nc1nc(NCCNc2nc(-c3cccc(C(F)(F)F)c3)cc3nccn23)ccc1N=O. The van der Waals surface area contributed by atoms with Gasteiger partial charge in [-0.05, 0) is 29.4 Å². The van der Waals surface area contributed by atoms with E-state index in [9.17, 15) is 18.1 Å². The molecule has 0 saturated carbocycles. The summed E-state index contributed by atoms with van der Waals surface area (Å²) in [4.78, 5) is 23.3. The second-order valence-electron chi connectivity index (χ2n) is 6.74. The van der Waals surface area contributed by atoms with Crippen LogP contribution in [0.4, 0.5) is 36.4 Å². The maximum Gasteiger partial charge on any atom is 0.416 e. The average molecular weight is 442 g/mol. The minimum atomic E-state index is -4.45. The Kier molecular flexibility index (Phi) is 5.58. The van der Waals surface area contributed by atoms with Crippen LogP contribution < -0.4 is 16.4 Å². The fourth-order valence-electron chi connectivity index (χ4n) is 3.06. The lowest BCUT2D eigenvalue weighted by Crippen LogP contribution is -2.17. The molecule has 4 N–H and O–H groups in total. The smallest absolute Gasteiger partial charge is 0.382 e. The number of nitrogens with two attached hydrogens (primary N) is 1. The Hall–Kier alpha value is -4.22. The third-order valence-electron chi connectivity index (χ3n) is 4.59. The second-order valence-corrected chi connectivity index (χ2v) is 6.74. The Balaban J connectivity index is 1.51. The second kappa shape index (κ2) is 8.49. The number of nitrogen functional groups attached to an aromatic ring is 1. The van der Waals surface area contributed by atoms with Crippen LogP contribution >= 0.6 is 0 Å². The van der Waals surface area contributed by atoms with E-state index in [2.05, 4.69) is 30.8 Å². The number of alkyl halides is 3. The van der Waals surface area contributed by atoms with Gasteiger partial charge in [0.2, 0.25) is 5.95 Å². The summed E-state index contributed by atoms with van der Waals surface area (Å²) in [6, 6.07) is 9.64. The van der Waals surface area contributed by atoms with Gasteiger partial charge in [-0.1, -0.05) is 12.1 Å². The molecule has 0 atom stereocenters. The minimum Gasteiger partial charge on any atom is -0.382 e. The molecule has 0 bridgehead atoms. The Morgan fingerprint density at radius 1 is 1.06 bits per heavy atom. The first-order valence-electron chi connectivity index (χ1n) is 9.44. The van der Waals surface area contributed by atoms with Crippen LogP contribution in [-0.2, 0) is 6.18 Å². The van der Waals surface area contributed by atoms with Gasteiger partial charge in [-0.2, -0.15) is 13.2 Å². The van der Waals surface area contributed by atoms with Crippen LogP contribution in [0.1, 0.15) is 5.56 Å². The van der Waals surface area contributed by atoms with Crippen molar-refractivity contribution in [3.63, 3.8) is 0 Å². The first kappa shape index (κ1) is 21.0. The van der Waals surface area contributed by atoms with Crippen LogP contribution in [0.25, 0.3) is 16.9 Å². The van der Waals surface area contributed by atoms with Crippen LogP contribution in [0.15, 0.2) is 60.0 Å². The number of pyridine rings is 1. The molecule has 0 aliphatic rings. The van der Waals surface area contributed by atoms with Crippen LogP contribution in [0.2, 0.25) is 0 Å². The molecular weight excluding hydrogens is 425 g/mol.